The number of ether oxygens (including phenoxy) is 1. The SMILES string of the molecule is Cl.NC1(CNC(=O)c2ccc(OC(F)(F)F)cc2)CCCCC1. The van der Waals surface area contributed by atoms with Gasteiger partial charge in [0.05, 0.1) is 0 Å². The van der Waals surface area contributed by atoms with Crippen LogP contribution in [0.15, 0.2) is 24.3 Å². The normalized spacial score (nSPS) is 17.0. The van der Waals surface area contributed by atoms with Crippen LogP contribution in [-0.4, -0.2) is 24.4 Å². The van der Waals surface area contributed by atoms with Crippen LogP contribution < -0.4 is 15.8 Å². The van der Waals surface area contributed by atoms with Gasteiger partial charge in [-0.3, -0.25) is 4.79 Å². The molecule has 1 fully saturated rings. The molecule has 1 aliphatic rings. The number of benzene rings is 1. The van der Waals surface area contributed by atoms with Gasteiger partial charge in [0.1, 0.15) is 5.75 Å². The fourth-order valence-corrected chi connectivity index (χ4v) is 2.60. The molecule has 130 valence electrons. The summed E-state index contributed by atoms with van der Waals surface area (Å²) in [5.74, 6) is -0.708. The number of nitrogens with one attached hydrogen (secondary N) is 1. The lowest BCUT2D eigenvalue weighted by Crippen LogP contribution is -2.51. The number of amides is 1. The smallest absolute Gasteiger partial charge is 0.406 e. The van der Waals surface area contributed by atoms with E-state index in [-0.39, 0.29) is 35.2 Å². The van der Waals surface area contributed by atoms with E-state index in [1.54, 1.807) is 0 Å². The minimum atomic E-state index is -4.74. The highest BCUT2D eigenvalue weighted by atomic mass is 35.5. The van der Waals surface area contributed by atoms with Gasteiger partial charge in [0, 0.05) is 17.6 Å². The third-order valence-electron chi connectivity index (χ3n) is 3.80. The van der Waals surface area contributed by atoms with Gasteiger partial charge in [-0.2, -0.15) is 0 Å². The van der Waals surface area contributed by atoms with Crippen LogP contribution in [0.2, 0.25) is 0 Å². The molecule has 0 atom stereocenters. The molecule has 0 radical (unpaired) electrons. The Balaban J connectivity index is 0.00000264. The molecule has 0 bridgehead atoms. The highest BCUT2D eigenvalue weighted by molar-refractivity contribution is 5.94. The molecule has 4 nitrogen and oxygen atoms in total. The second-order valence-corrected chi connectivity index (χ2v) is 5.68. The van der Waals surface area contributed by atoms with E-state index in [2.05, 4.69) is 10.1 Å². The summed E-state index contributed by atoms with van der Waals surface area (Å²) in [6.45, 7) is 0.368. The molecule has 1 amide bonds. The second-order valence-electron chi connectivity index (χ2n) is 5.68. The van der Waals surface area contributed by atoms with E-state index in [1.165, 1.54) is 12.1 Å². The van der Waals surface area contributed by atoms with E-state index in [1.807, 2.05) is 0 Å². The monoisotopic (exact) mass is 352 g/mol. The number of hydrogen-bond acceptors (Lipinski definition) is 3. The molecule has 23 heavy (non-hydrogen) atoms. The molecule has 2 rings (SSSR count). The Kier molecular flexibility index (Phi) is 6.70. The van der Waals surface area contributed by atoms with Gasteiger partial charge in [0.2, 0.25) is 0 Å². The van der Waals surface area contributed by atoms with Crippen molar-refractivity contribution in [1.29, 1.82) is 0 Å². The zero-order valence-electron chi connectivity index (χ0n) is 12.5. The van der Waals surface area contributed by atoms with Crippen LogP contribution in [0.4, 0.5) is 13.2 Å². The van der Waals surface area contributed by atoms with Crippen LogP contribution in [0.5, 0.6) is 5.75 Å². The van der Waals surface area contributed by atoms with Crippen LogP contribution in [-0.2, 0) is 0 Å². The zero-order valence-corrected chi connectivity index (χ0v) is 13.3. The summed E-state index contributed by atoms with van der Waals surface area (Å²) in [6, 6.07) is 4.81. The van der Waals surface area contributed by atoms with E-state index >= 15 is 0 Å². The van der Waals surface area contributed by atoms with Crippen LogP contribution >= 0.6 is 12.4 Å². The van der Waals surface area contributed by atoms with Gasteiger partial charge in [-0.15, -0.1) is 25.6 Å². The summed E-state index contributed by atoms with van der Waals surface area (Å²) < 4.78 is 39.9. The zero-order chi connectivity index (χ0) is 16.2. The average Bonchev–Trinajstić information content (AvgIpc) is 2.45. The Hall–Kier alpha value is -1.47. The molecule has 1 saturated carbocycles. The summed E-state index contributed by atoms with van der Waals surface area (Å²) in [7, 11) is 0. The van der Waals surface area contributed by atoms with Gasteiger partial charge in [-0.05, 0) is 37.1 Å². The quantitative estimate of drug-likeness (QED) is 0.873. The number of carbonyl (C=O) groups excluding carboxylic acids is 1. The van der Waals surface area contributed by atoms with Crippen molar-refractivity contribution in [1.82, 2.24) is 5.32 Å². The molecule has 1 aromatic carbocycles. The highest BCUT2D eigenvalue weighted by Crippen LogP contribution is 2.25. The first-order chi connectivity index (χ1) is 10.3. The van der Waals surface area contributed by atoms with Gasteiger partial charge in [0.15, 0.2) is 0 Å². The molecule has 1 aromatic rings. The predicted molar refractivity (Wildman–Crippen MR) is 82.7 cm³/mol. The van der Waals surface area contributed by atoms with Gasteiger partial charge in [0.25, 0.3) is 5.91 Å². The van der Waals surface area contributed by atoms with Crippen LogP contribution in [0.1, 0.15) is 42.5 Å². The molecule has 0 spiro atoms. The molecule has 1 aliphatic carbocycles. The van der Waals surface area contributed by atoms with Crippen molar-refractivity contribution >= 4 is 18.3 Å². The first-order valence-corrected chi connectivity index (χ1v) is 7.20. The summed E-state index contributed by atoms with van der Waals surface area (Å²) in [6.07, 6.45) is 0.257. The Bertz CT molecular complexity index is 514. The van der Waals surface area contributed by atoms with E-state index in [0.29, 0.717) is 6.54 Å². The average molecular weight is 353 g/mol. The van der Waals surface area contributed by atoms with E-state index in [9.17, 15) is 18.0 Å². The molecule has 0 unspecified atom stereocenters. The third-order valence-corrected chi connectivity index (χ3v) is 3.80. The topological polar surface area (TPSA) is 64.3 Å². The lowest BCUT2D eigenvalue weighted by atomic mass is 9.82. The maximum Gasteiger partial charge on any atom is 0.573 e. The van der Waals surface area contributed by atoms with Crippen LogP contribution in [0, 0.1) is 0 Å². The van der Waals surface area contributed by atoms with Crippen LogP contribution in [0.3, 0.4) is 0 Å². The third kappa shape index (κ3) is 6.27. The molecule has 0 aromatic heterocycles. The molecule has 0 heterocycles. The van der Waals surface area contributed by atoms with E-state index < -0.39 is 6.36 Å². The van der Waals surface area contributed by atoms with Gasteiger partial charge >= 0.3 is 6.36 Å². The first-order valence-electron chi connectivity index (χ1n) is 7.20. The molecular formula is C15H20ClF3N2O2. The largest absolute Gasteiger partial charge is 0.573 e. The number of alkyl halides is 3. The maximum absolute atomic E-state index is 12.1. The number of halogens is 4. The first kappa shape index (κ1) is 19.6. The van der Waals surface area contributed by atoms with Crippen molar-refractivity contribution < 1.29 is 22.7 Å². The fraction of sp³-hybridized carbons (Fsp3) is 0.533. The van der Waals surface area contributed by atoms with Crippen molar-refractivity contribution in [2.75, 3.05) is 6.54 Å². The number of carbonyl (C=O) groups is 1. The van der Waals surface area contributed by atoms with Gasteiger partial charge in [-0.1, -0.05) is 19.3 Å². The highest BCUT2D eigenvalue weighted by Gasteiger charge is 2.31. The minimum absolute atomic E-state index is 0. The predicted octanol–water partition coefficient (Wildman–Crippen LogP) is 3.40. The Morgan fingerprint density at radius 3 is 2.26 bits per heavy atom. The minimum Gasteiger partial charge on any atom is -0.406 e. The maximum atomic E-state index is 12.1. The molecule has 3 N–H and O–H groups in total. The van der Waals surface area contributed by atoms with Crippen molar-refractivity contribution in [2.45, 2.75) is 44.0 Å². The van der Waals surface area contributed by atoms with Crippen molar-refractivity contribution in [3.05, 3.63) is 29.8 Å². The molecule has 0 saturated heterocycles. The lowest BCUT2D eigenvalue weighted by Gasteiger charge is -2.33. The summed E-state index contributed by atoms with van der Waals surface area (Å²) in [5.41, 5.74) is 6.11. The van der Waals surface area contributed by atoms with E-state index in [0.717, 1.165) is 44.2 Å². The van der Waals surface area contributed by atoms with Crippen molar-refractivity contribution in [2.24, 2.45) is 5.73 Å². The van der Waals surface area contributed by atoms with E-state index in [4.69, 9.17) is 5.73 Å². The standard InChI is InChI=1S/C15H19F3N2O2.ClH/c16-15(17,18)22-12-6-4-11(5-7-12)13(21)20-10-14(19)8-2-1-3-9-14;/h4-7H,1-3,8-10,19H2,(H,20,21);1H. The Morgan fingerprint density at radius 1 is 1.17 bits per heavy atom. The number of hydrogen-bond donors (Lipinski definition) is 2. The lowest BCUT2D eigenvalue weighted by molar-refractivity contribution is -0.274. The van der Waals surface area contributed by atoms with Gasteiger partial charge in [-0.25, -0.2) is 0 Å². The van der Waals surface area contributed by atoms with Gasteiger partial charge < -0.3 is 15.8 Å². The van der Waals surface area contributed by atoms with Crippen molar-refractivity contribution in [3.63, 3.8) is 0 Å². The van der Waals surface area contributed by atoms with Crippen LogP contribution in [0.25, 0.3) is 0 Å². The summed E-state index contributed by atoms with van der Waals surface area (Å²) >= 11 is 0. The Labute approximate surface area is 139 Å². The molecule has 8 heteroatoms. The number of nitrogens with two attached hydrogens (primary N) is 1. The Morgan fingerprint density at radius 2 is 1.74 bits per heavy atom. The number of rotatable bonds is 4. The summed E-state index contributed by atoms with van der Waals surface area (Å²) in [5, 5.41) is 2.75. The second kappa shape index (κ2) is 7.88. The fourth-order valence-electron chi connectivity index (χ4n) is 2.60. The molecular weight excluding hydrogens is 333 g/mol. The van der Waals surface area contributed by atoms with Crippen molar-refractivity contribution in [3.8, 4) is 5.75 Å². The summed E-state index contributed by atoms with van der Waals surface area (Å²) in [4.78, 5) is 12.0. The molecule has 0 aliphatic heterocycles.